The molecule has 1 aliphatic heterocycles. The van der Waals surface area contributed by atoms with Crippen LogP contribution in [0.1, 0.15) is 45.3 Å². The van der Waals surface area contributed by atoms with Crippen LogP contribution in [0, 0.1) is 5.41 Å². The average Bonchev–Trinajstić information content (AvgIpc) is 2.25. The highest BCUT2D eigenvalue weighted by Crippen LogP contribution is 2.39. The molecule has 3 heteroatoms. The monoisotopic (exact) mass is 250 g/mol. The van der Waals surface area contributed by atoms with E-state index in [2.05, 4.69) is 20.8 Å². The van der Waals surface area contributed by atoms with Gasteiger partial charge in [-0.05, 0) is 24.0 Å². The fraction of sp³-hybridized carbons (Fsp3) is 0.600. The molecule has 0 aromatic heterocycles. The van der Waals surface area contributed by atoms with Gasteiger partial charge in [0, 0.05) is 18.1 Å². The molecule has 100 valence electrons. The third-order valence-corrected chi connectivity index (χ3v) is 3.20. The number of hydrogen-bond acceptors (Lipinski definition) is 3. The summed E-state index contributed by atoms with van der Waals surface area (Å²) in [5.74, 6) is 1.51. The molecule has 0 amide bonds. The Labute approximate surface area is 109 Å². The van der Waals surface area contributed by atoms with Gasteiger partial charge in [0.25, 0.3) is 0 Å². The summed E-state index contributed by atoms with van der Waals surface area (Å²) in [6, 6.07) is 5.59. The Balaban J connectivity index is 2.21. The normalized spacial score (nSPS) is 23.2. The molecule has 1 heterocycles. The highest BCUT2D eigenvalue weighted by molar-refractivity contribution is 5.43. The van der Waals surface area contributed by atoms with Crippen LogP contribution in [0.2, 0.25) is 0 Å². The minimum Gasteiger partial charge on any atom is -0.497 e. The van der Waals surface area contributed by atoms with Crippen molar-refractivity contribution in [2.24, 2.45) is 5.41 Å². The maximum atomic E-state index is 10.2. The Bertz CT molecular complexity index is 420. The van der Waals surface area contributed by atoms with Gasteiger partial charge in [0.1, 0.15) is 17.6 Å². The fourth-order valence-electron chi connectivity index (χ4n) is 2.43. The highest BCUT2D eigenvalue weighted by Gasteiger charge is 2.30. The SMILES string of the molecule is COc1ccc2c(c1)OC(CC(C)(C)C)C[C@@H]2O. The molecule has 18 heavy (non-hydrogen) atoms. The van der Waals surface area contributed by atoms with Gasteiger partial charge in [0.05, 0.1) is 13.2 Å². The first-order chi connectivity index (χ1) is 8.39. The predicted octanol–water partition coefficient (Wildman–Crippen LogP) is 3.32. The molecular formula is C15H22O3. The maximum absolute atomic E-state index is 10.2. The lowest BCUT2D eigenvalue weighted by atomic mass is 9.85. The number of rotatable bonds is 2. The van der Waals surface area contributed by atoms with Gasteiger partial charge in [-0.1, -0.05) is 20.8 Å². The molecule has 0 saturated carbocycles. The van der Waals surface area contributed by atoms with Crippen molar-refractivity contribution in [2.45, 2.75) is 45.8 Å². The summed E-state index contributed by atoms with van der Waals surface area (Å²) in [4.78, 5) is 0. The number of ether oxygens (including phenoxy) is 2. The van der Waals surface area contributed by atoms with Gasteiger partial charge in [0.15, 0.2) is 0 Å². The van der Waals surface area contributed by atoms with Crippen molar-refractivity contribution in [2.75, 3.05) is 7.11 Å². The predicted molar refractivity (Wildman–Crippen MR) is 71.1 cm³/mol. The zero-order valence-electron chi connectivity index (χ0n) is 11.6. The molecule has 1 aliphatic rings. The Morgan fingerprint density at radius 3 is 2.72 bits per heavy atom. The molecule has 0 radical (unpaired) electrons. The first-order valence-electron chi connectivity index (χ1n) is 6.42. The van der Waals surface area contributed by atoms with E-state index in [-0.39, 0.29) is 11.5 Å². The second-order valence-corrected chi connectivity index (χ2v) is 6.16. The van der Waals surface area contributed by atoms with E-state index in [1.54, 1.807) is 7.11 Å². The van der Waals surface area contributed by atoms with E-state index in [9.17, 15) is 5.11 Å². The summed E-state index contributed by atoms with van der Waals surface area (Å²) >= 11 is 0. The number of fused-ring (bicyclic) bond motifs is 1. The van der Waals surface area contributed by atoms with Gasteiger partial charge in [-0.15, -0.1) is 0 Å². The van der Waals surface area contributed by atoms with Crippen LogP contribution in [0.15, 0.2) is 18.2 Å². The van der Waals surface area contributed by atoms with Crippen molar-refractivity contribution in [1.82, 2.24) is 0 Å². The van der Waals surface area contributed by atoms with Crippen molar-refractivity contribution in [3.8, 4) is 11.5 Å². The van der Waals surface area contributed by atoms with Crippen LogP contribution in [0.5, 0.6) is 11.5 Å². The van der Waals surface area contributed by atoms with Crippen LogP contribution in [0.3, 0.4) is 0 Å². The van der Waals surface area contributed by atoms with E-state index in [4.69, 9.17) is 9.47 Å². The second kappa shape index (κ2) is 4.81. The summed E-state index contributed by atoms with van der Waals surface area (Å²) in [6.07, 6.45) is 1.23. The molecule has 0 spiro atoms. The largest absolute Gasteiger partial charge is 0.497 e. The van der Waals surface area contributed by atoms with Crippen LogP contribution in [-0.4, -0.2) is 18.3 Å². The molecule has 1 N–H and O–H groups in total. The average molecular weight is 250 g/mol. The summed E-state index contributed by atoms with van der Waals surface area (Å²) in [5.41, 5.74) is 1.06. The number of methoxy groups -OCH3 is 1. The van der Waals surface area contributed by atoms with Gasteiger partial charge in [0.2, 0.25) is 0 Å². The second-order valence-electron chi connectivity index (χ2n) is 6.16. The molecule has 3 nitrogen and oxygen atoms in total. The van der Waals surface area contributed by atoms with Crippen molar-refractivity contribution >= 4 is 0 Å². The van der Waals surface area contributed by atoms with Crippen LogP contribution in [-0.2, 0) is 0 Å². The van der Waals surface area contributed by atoms with Crippen molar-refractivity contribution < 1.29 is 14.6 Å². The zero-order valence-corrected chi connectivity index (χ0v) is 11.6. The van der Waals surface area contributed by atoms with E-state index in [0.717, 1.165) is 23.5 Å². The fourth-order valence-corrected chi connectivity index (χ4v) is 2.43. The molecule has 1 unspecified atom stereocenters. The molecule has 0 aliphatic carbocycles. The number of benzene rings is 1. The lowest BCUT2D eigenvalue weighted by molar-refractivity contribution is 0.0445. The summed E-state index contributed by atoms with van der Waals surface area (Å²) in [5, 5.41) is 10.2. The quantitative estimate of drug-likeness (QED) is 0.875. The van der Waals surface area contributed by atoms with Crippen molar-refractivity contribution in [3.63, 3.8) is 0 Å². The molecular weight excluding hydrogens is 228 g/mol. The molecule has 0 fully saturated rings. The first kappa shape index (κ1) is 13.2. The third kappa shape index (κ3) is 2.96. The Morgan fingerprint density at radius 1 is 1.39 bits per heavy atom. The summed E-state index contributed by atoms with van der Waals surface area (Å²) in [7, 11) is 1.63. The van der Waals surface area contributed by atoms with E-state index in [1.807, 2.05) is 18.2 Å². The third-order valence-electron chi connectivity index (χ3n) is 3.20. The van der Waals surface area contributed by atoms with Crippen molar-refractivity contribution in [3.05, 3.63) is 23.8 Å². The minimum absolute atomic E-state index is 0.0691. The summed E-state index contributed by atoms with van der Waals surface area (Å²) < 4.78 is 11.2. The molecule has 0 bridgehead atoms. The smallest absolute Gasteiger partial charge is 0.129 e. The van der Waals surface area contributed by atoms with Gasteiger partial charge >= 0.3 is 0 Å². The number of aliphatic hydroxyl groups is 1. The minimum atomic E-state index is -0.438. The summed E-state index contributed by atoms with van der Waals surface area (Å²) in [6.45, 7) is 6.55. The Morgan fingerprint density at radius 2 is 2.11 bits per heavy atom. The lowest BCUT2D eigenvalue weighted by Gasteiger charge is -2.33. The topological polar surface area (TPSA) is 38.7 Å². The molecule has 0 saturated heterocycles. The van der Waals surface area contributed by atoms with Gasteiger partial charge < -0.3 is 14.6 Å². The molecule has 1 aromatic rings. The van der Waals surface area contributed by atoms with Crippen LogP contribution < -0.4 is 9.47 Å². The molecule has 1 aromatic carbocycles. The van der Waals surface area contributed by atoms with Crippen molar-refractivity contribution in [1.29, 1.82) is 0 Å². The highest BCUT2D eigenvalue weighted by atomic mass is 16.5. The van der Waals surface area contributed by atoms with E-state index in [0.29, 0.717) is 6.42 Å². The van der Waals surface area contributed by atoms with Crippen LogP contribution in [0.4, 0.5) is 0 Å². The van der Waals surface area contributed by atoms with Crippen LogP contribution in [0.25, 0.3) is 0 Å². The molecule has 2 atom stereocenters. The standard InChI is InChI=1S/C15H22O3/c1-15(2,3)9-11-7-13(16)12-6-5-10(17-4)8-14(12)18-11/h5-6,8,11,13,16H,7,9H2,1-4H3/t11?,13-/m0/s1. The van der Waals surface area contributed by atoms with Gasteiger partial charge in [-0.3, -0.25) is 0 Å². The van der Waals surface area contributed by atoms with E-state index in [1.165, 1.54) is 0 Å². The van der Waals surface area contributed by atoms with Gasteiger partial charge in [-0.2, -0.15) is 0 Å². The Kier molecular flexibility index (Phi) is 3.53. The van der Waals surface area contributed by atoms with Gasteiger partial charge in [-0.25, -0.2) is 0 Å². The lowest BCUT2D eigenvalue weighted by Crippen LogP contribution is -2.29. The van der Waals surface area contributed by atoms with E-state index >= 15 is 0 Å². The first-order valence-corrected chi connectivity index (χ1v) is 6.42. The maximum Gasteiger partial charge on any atom is 0.129 e. The molecule has 2 rings (SSSR count). The number of hydrogen-bond donors (Lipinski definition) is 1. The van der Waals surface area contributed by atoms with Crippen LogP contribution >= 0.6 is 0 Å². The number of aliphatic hydroxyl groups excluding tert-OH is 1. The zero-order chi connectivity index (χ0) is 13.3. The Hall–Kier alpha value is -1.22. The van der Waals surface area contributed by atoms with E-state index < -0.39 is 6.10 Å².